The standard InChI is InChI=1S/C22H22BrCl2N3O2/c1-5-13(4)30-20-17(24)8-14(9-18(20)25)11-26-28-21(12(2)3)27-19-7-6-15(23)10-16(19)22(28)29/h6-13H,5H2,1-4H3/t13-/m0/s1. The van der Waals surface area contributed by atoms with Crippen LogP contribution in [-0.4, -0.2) is 22.0 Å². The van der Waals surface area contributed by atoms with Gasteiger partial charge in [0.2, 0.25) is 0 Å². The highest BCUT2D eigenvalue weighted by Gasteiger charge is 2.15. The largest absolute Gasteiger partial charge is 0.488 e. The molecule has 0 radical (unpaired) electrons. The van der Waals surface area contributed by atoms with Crippen molar-refractivity contribution >= 4 is 56.2 Å². The third kappa shape index (κ3) is 4.88. The zero-order valence-corrected chi connectivity index (χ0v) is 20.2. The quantitative estimate of drug-likeness (QED) is 0.349. The van der Waals surface area contributed by atoms with Crippen molar-refractivity contribution in [2.75, 3.05) is 0 Å². The van der Waals surface area contributed by atoms with Gasteiger partial charge in [-0.1, -0.05) is 59.9 Å². The van der Waals surface area contributed by atoms with Gasteiger partial charge >= 0.3 is 0 Å². The van der Waals surface area contributed by atoms with E-state index in [0.29, 0.717) is 38.1 Å². The van der Waals surface area contributed by atoms with E-state index in [1.165, 1.54) is 4.68 Å². The molecule has 2 aromatic carbocycles. The average molecular weight is 511 g/mol. The van der Waals surface area contributed by atoms with E-state index < -0.39 is 0 Å². The van der Waals surface area contributed by atoms with Gasteiger partial charge in [0, 0.05) is 10.4 Å². The molecule has 1 atom stereocenters. The molecule has 30 heavy (non-hydrogen) atoms. The van der Waals surface area contributed by atoms with Crippen LogP contribution in [0, 0.1) is 0 Å². The van der Waals surface area contributed by atoms with Gasteiger partial charge in [-0.05, 0) is 49.2 Å². The number of rotatable bonds is 6. The van der Waals surface area contributed by atoms with Crippen LogP contribution in [0.25, 0.3) is 10.9 Å². The molecule has 0 fully saturated rings. The van der Waals surface area contributed by atoms with Gasteiger partial charge < -0.3 is 4.74 Å². The number of hydrogen-bond donors (Lipinski definition) is 0. The van der Waals surface area contributed by atoms with Crippen LogP contribution < -0.4 is 10.3 Å². The van der Waals surface area contributed by atoms with Crippen LogP contribution in [0.2, 0.25) is 10.0 Å². The summed E-state index contributed by atoms with van der Waals surface area (Å²) in [5.74, 6) is 1.02. The molecule has 0 N–H and O–H groups in total. The Labute approximate surface area is 193 Å². The number of halogens is 3. The first-order chi connectivity index (χ1) is 14.2. The molecule has 1 heterocycles. The number of benzene rings is 2. The molecule has 3 aromatic rings. The summed E-state index contributed by atoms with van der Waals surface area (Å²) in [6, 6.07) is 8.84. The van der Waals surface area contributed by atoms with Crippen LogP contribution in [0.15, 0.2) is 44.7 Å². The molecule has 5 nitrogen and oxygen atoms in total. The van der Waals surface area contributed by atoms with E-state index in [1.807, 2.05) is 39.8 Å². The maximum Gasteiger partial charge on any atom is 0.282 e. The normalized spacial score (nSPS) is 12.8. The Morgan fingerprint density at radius 3 is 2.47 bits per heavy atom. The van der Waals surface area contributed by atoms with Crippen molar-refractivity contribution in [2.24, 2.45) is 5.10 Å². The summed E-state index contributed by atoms with van der Waals surface area (Å²) < 4.78 is 7.92. The zero-order chi connectivity index (χ0) is 22.0. The van der Waals surface area contributed by atoms with Crippen LogP contribution in [0.5, 0.6) is 5.75 Å². The first-order valence-electron chi connectivity index (χ1n) is 9.63. The second-order valence-corrected chi connectivity index (χ2v) is 9.03. The van der Waals surface area contributed by atoms with Gasteiger partial charge in [0.25, 0.3) is 5.56 Å². The summed E-state index contributed by atoms with van der Waals surface area (Å²) in [6.45, 7) is 7.90. The summed E-state index contributed by atoms with van der Waals surface area (Å²) in [5, 5.41) is 5.67. The molecule has 0 bridgehead atoms. The minimum absolute atomic E-state index is 0.00128. The lowest BCUT2D eigenvalue weighted by Gasteiger charge is -2.15. The highest BCUT2D eigenvalue weighted by molar-refractivity contribution is 9.10. The smallest absolute Gasteiger partial charge is 0.282 e. The van der Waals surface area contributed by atoms with Gasteiger partial charge in [-0.3, -0.25) is 4.79 Å². The number of nitrogens with zero attached hydrogens (tertiary/aromatic N) is 3. The van der Waals surface area contributed by atoms with Crippen LogP contribution in [0.1, 0.15) is 51.4 Å². The Kier molecular flexibility index (Phi) is 7.22. The fourth-order valence-electron chi connectivity index (χ4n) is 2.83. The third-order valence-electron chi connectivity index (χ3n) is 4.59. The minimum atomic E-state index is -0.241. The highest BCUT2D eigenvalue weighted by Crippen LogP contribution is 2.35. The maximum absolute atomic E-state index is 13.1. The Balaban J connectivity index is 2.06. The van der Waals surface area contributed by atoms with Gasteiger partial charge in [-0.25, -0.2) is 4.98 Å². The second kappa shape index (κ2) is 9.50. The summed E-state index contributed by atoms with van der Waals surface area (Å²) in [7, 11) is 0. The molecule has 0 unspecified atom stereocenters. The molecule has 0 saturated heterocycles. The van der Waals surface area contributed by atoms with E-state index >= 15 is 0 Å². The summed E-state index contributed by atoms with van der Waals surface area (Å²) in [6.07, 6.45) is 2.38. The van der Waals surface area contributed by atoms with Crippen LogP contribution in [-0.2, 0) is 0 Å². The lowest BCUT2D eigenvalue weighted by molar-refractivity contribution is 0.218. The van der Waals surface area contributed by atoms with Gasteiger partial charge in [0.15, 0.2) is 5.75 Å². The first kappa shape index (κ1) is 22.8. The molecule has 3 rings (SSSR count). The number of fused-ring (bicyclic) bond motifs is 1. The molecule has 0 aliphatic rings. The molecule has 1 aromatic heterocycles. The fourth-order valence-corrected chi connectivity index (χ4v) is 3.78. The summed E-state index contributed by atoms with van der Waals surface area (Å²) in [5.41, 5.74) is 1.04. The van der Waals surface area contributed by atoms with Gasteiger partial charge in [0.1, 0.15) is 5.82 Å². The van der Waals surface area contributed by atoms with Gasteiger partial charge in [-0.2, -0.15) is 9.78 Å². The lowest BCUT2D eigenvalue weighted by atomic mass is 10.2. The molecule has 8 heteroatoms. The van der Waals surface area contributed by atoms with Crippen molar-refractivity contribution in [2.45, 2.75) is 46.1 Å². The SMILES string of the molecule is CC[C@H](C)Oc1c(Cl)cc(C=Nn2c(C(C)C)nc3ccc(Br)cc3c2=O)cc1Cl. The van der Waals surface area contributed by atoms with Crippen molar-refractivity contribution in [3.8, 4) is 5.75 Å². The Morgan fingerprint density at radius 1 is 1.20 bits per heavy atom. The van der Waals surface area contributed by atoms with E-state index in [0.717, 1.165) is 10.9 Å². The van der Waals surface area contributed by atoms with Crippen molar-refractivity contribution in [3.05, 3.63) is 66.6 Å². The molecule has 158 valence electrons. The minimum Gasteiger partial charge on any atom is -0.488 e. The molecule has 0 aliphatic carbocycles. The predicted octanol–water partition coefficient (Wildman–Crippen LogP) is 6.65. The first-order valence-corrected chi connectivity index (χ1v) is 11.2. The van der Waals surface area contributed by atoms with Crippen molar-refractivity contribution in [1.82, 2.24) is 9.66 Å². The van der Waals surface area contributed by atoms with E-state index in [4.69, 9.17) is 27.9 Å². The van der Waals surface area contributed by atoms with Crippen LogP contribution >= 0.6 is 39.1 Å². The molecular formula is C22H22BrCl2N3O2. The fraction of sp³-hybridized carbons (Fsp3) is 0.318. The molecule has 0 amide bonds. The zero-order valence-electron chi connectivity index (χ0n) is 17.1. The third-order valence-corrected chi connectivity index (χ3v) is 5.64. The number of aromatic nitrogens is 2. The van der Waals surface area contributed by atoms with E-state index in [1.54, 1.807) is 24.4 Å². The summed E-state index contributed by atoms with van der Waals surface area (Å²) >= 11 is 16.1. The lowest BCUT2D eigenvalue weighted by Crippen LogP contribution is -2.23. The monoisotopic (exact) mass is 509 g/mol. The Hall–Kier alpha value is -1.89. The van der Waals surface area contributed by atoms with E-state index in [-0.39, 0.29) is 17.6 Å². The molecule has 0 spiro atoms. The Morgan fingerprint density at radius 2 is 1.87 bits per heavy atom. The predicted molar refractivity (Wildman–Crippen MR) is 128 cm³/mol. The number of hydrogen-bond acceptors (Lipinski definition) is 4. The number of ether oxygens (including phenoxy) is 1. The molecular weight excluding hydrogens is 489 g/mol. The Bertz CT molecular complexity index is 1150. The van der Waals surface area contributed by atoms with Crippen LogP contribution in [0.3, 0.4) is 0 Å². The van der Waals surface area contributed by atoms with E-state index in [2.05, 4.69) is 26.0 Å². The van der Waals surface area contributed by atoms with Crippen molar-refractivity contribution in [1.29, 1.82) is 0 Å². The van der Waals surface area contributed by atoms with E-state index in [9.17, 15) is 4.79 Å². The van der Waals surface area contributed by atoms with Crippen molar-refractivity contribution < 1.29 is 4.74 Å². The van der Waals surface area contributed by atoms with Gasteiger partial charge in [-0.15, -0.1) is 0 Å². The second-order valence-electron chi connectivity index (χ2n) is 7.30. The maximum atomic E-state index is 13.1. The summed E-state index contributed by atoms with van der Waals surface area (Å²) in [4.78, 5) is 17.7. The van der Waals surface area contributed by atoms with Crippen molar-refractivity contribution in [3.63, 3.8) is 0 Å². The molecule has 0 aliphatic heterocycles. The highest BCUT2D eigenvalue weighted by atomic mass is 79.9. The molecule has 0 saturated carbocycles. The topological polar surface area (TPSA) is 56.5 Å². The average Bonchev–Trinajstić information content (AvgIpc) is 2.69. The van der Waals surface area contributed by atoms with Gasteiger partial charge in [0.05, 0.1) is 33.3 Å². The van der Waals surface area contributed by atoms with Crippen LogP contribution in [0.4, 0.5) is 0 Å².